The number of hydrogen-bond acceptors (Lipinski definition) is 2. The number of nitrogens with zero attached hydrogens (tertiary/aromatic N) is 1. The van der Waals surface area contributed by atoms with Crippen LogP contribution in [0.15, 0.2) is 24.3 Å². The minimum atomic E-state index is -0.477. The Hall–Kier alpha value is -1.03. The summed E-state index contributed by atoms with van der Waals surface area (Å²) < 4.78 is 5.33. The molecule has 0 aromatic heterocycles. The van der Waals surface area contributed by atoms with Crippen molar-refractivity contribution < 1.29 is 9.53 Å². The Morgan fingerprint density at radius 3 is 2.47 bits per heavy atom. The highest BCUT2D eigenvalue weighted by Gasteiger charge is 2.21. The SMILES string of the molecule is CN(C(=O)OC(C)(C)C)c1ccccc1CBr. The topological polar surface area (TPSA) is 29.5 Å². The molecule has 3 nitrogen and oxygen atoms in total. The summed E-state index contributed by atoms with van der Waals surface area (Å²) in [6.45, 7) is 5.57. The zero-order valence-corrected chi connectivity index (χ0v) is 12.2. The third-order valence-electron chi connectivity index (χ3n) is 2.16. The third kappa shape index (κ3) is 4.04. The van der Waals surface area contributed by atoms with Gasteiger partial charge in [-0.1, -0.05) is 34.1 Å². The molecule has 0 aliphatic carbocycles. The molecular formula is C13H18BrNO2. The molecule has 0 heterocycles. The van der Waals surface area contributed by atoms with Gasteiger partial charge in [-0.15, -0.1) is 0 Å². The van der Waals surface area contributed by atoms with Crippen LogP contribution < -0.4 is 4.90 Å². The maximum Gasteiger partial charge on any atom is 0.414 e. The van der Waals surface area contributed by atoms with Crippen LogP contribution in [0, 0.1) is 0 Å². The molecule has 0 aliphatic heterocycles. The van der Waals surface area contributed by atoms with Gasteiger partial charge in [0.1, 0.15) is 5.60 Å². The van der Waals surface area contributed by atoms with Gasteiger partial charge in [-0.05, 0) is 32.4 Å². The number of halogens is 1. The average Bonchev–Trinajstić information content (AvgIpc) is 2.25. The molecule has 0 atom stereocenters. The molecule has 94 valence electrons. The molecule has 0 saturated carbocycles. The van der Waals surface area contributed by atoms with E-state index in [9.17, 15) is 4.79 Å². The largest absolute Gasteiger partial charge is 0.443 e. The highest BCUT2D eigenvalue weighted by Crippen LogP contribution is 2.23. The summed E-state index contributed by atoms with van der Waals surface area (Å²) in [5.41, 5.74) is 1.44. The van der Waals surface area contributed by atoms with Crippen LogP contribution in [0.5, 0.6) is 0 Å². The summed E-state index contributed by atoms with van der Waals surface area (Å²) in [6.07, 6.45) is -0.342. The molecule has 0 saturated heterocycles. The van der Waals surface area contributed by atoms with Crippen molar-refractivity contribution in [3.8, 4) is 0 Å². The second kappa shape index (κ2) is 5.54. The fourth-order valence-electron chi connectivity index (χ4n) is 1.38. The van der Waals surface area contributed by atoms with Gasteiger partial charge in [0.05, 0.1) is 5.69 Å². The predicted octanol–water partition coefficient (Wildman–Crippen LogP) is 3.95. The van der Waals surface area contributed by atoms with Gasteiger partial charge in [0.15, 0.2) is 0 Å². The first-order valence-corrected chi connectivity index (χ1v) is 6.58. The molecule has 0 bridgehead atoms. The monoisotopic (exact) mass is 299 g/mol. The first-order valence-electron chi connectivity index (χ1n) is 5.45. The first-order chi connectivity index (χ1) is 7.85. The van der Waals surface area contributed by atoms with Crippen molar-refractivity contribution in [1.29, 1.82) is 0 Å². The van der Waals surface area contributed by atoms with E-state index >= 15 is 0 Å². The number of benzene rings is 1. The summed E-state index contributed by atoms with van der Waals surface area (Å²) in [5.74, 6) is 0. The smallest absolute Gasteiger partial charge is 0.414 e. The van der Waals surface area contributed by atoms with Crippen molar-refractivity contribution in [3.05, 3.63) is 29.8 Å². The van der Waals surface area contributed by atoms with Crippen LogP contribution in [0.25, 0.3) is 0 Å². The van der Waals surface area contributed by atoms with Gasteiger partial charge in [-0.2, -0.15) is 0 Å². The van der Waals surface area contributed by atoms with Gasteiger partial charge in [0.2, 0.25) is 0 Å². The van der Waals surface area contributed by atoms with Gasteiger partial charge in [0, 0.05) is 12.4 Å². The van der Waals surface area contributed by atoms with E-state index in [1.165, 1.54) is 4.90 Å². The molecule has 1 aromatic rings. The Morgan fingerprint density at radius 2 is 1.94 bits per heavy atom. The maximum atomic E-state index is 11.9. The van der Waals surface area contributed by atoms with Crippen molar-refractivity contribution in [2.45, 2.75) is 31.7 Å². The number of rotatable bonds is 2. The molecule has 1 aromatic carbocycles. The van der Waals surface area contributed by atoms with Crippen LogP contribution >= 0.6 is 15.9 Å². The highest BCUT2D eigenvalue weighted by atomic mass is 79.9. The molecule has 0 unspecified atom stereocenters. The number of alkyl halides is 1. The maximum absolute atomic E-state index is 11.9. The summed E-state index contributed by atoms with van der Waals surface area (Å²) in [6, 6.07) is 7.73. The molecule has 1 rings (SSSR count). The zero-order valence-electron chi connectivity index (χ0n) is 10.7. The van der Waals surface area contributed by atoms with Crippen LogP contribution in [-0.4, -0.2) is 18.7 Å². The number of para-hydroxylation sites is 1. The molecule has 0 aliphatic rings. The van der Waals surface area contributed by atoms with Gasteiger partial charge in [-0.3, -0.25) is 4.90 Å². The molecule has 0 radical (unpaired) electrons. The van der Waals surface area contributed by atoms with E-state index in [4.69, 9.17) is 4.74 Å². The Labute approximate surface area is 111 Å². The van der Waals surface area contributed by atoms with E-state index in [0.717, 1.165) is 11.3 Å². The Bertz CT molecular complexity index is 399. The predicted molar refractivity (Wildman–Crippen MR) is 73.7 cm³/mol. The molecule has 17 heavy (non-hydrogen) atoms. The van der Waals surface area contributed by atoms with Crippen LogP contribution in [0.3, 0.4) is 0 Å². The molecule has 0 fully saturated rings. The second-order valence-corrected chi connectivity index (χ2v) is 5.36. The van der Waals surface area contributed by atoms with E-state index in [-0.39, 0.29) is 6.09 Å². The Morgan fingerprint density at radius 1 is 1.35 bits per heavy atom. The summed E-state index contributed by atoms with van der Waals surface area (Å²) >= 11 is 3.41. The lowest BCUT2D eigenvalue weighted by Gasteiger charge is -2.25. The average molecular weight is 300 g/mol. The minimum absolute atomic E-state index is 0.342. The van der Waals surface area contributed by atoms with Crippen LogP contribution in [-0.2, 0) is 10.1 Å². The van der Waals surface area contributed by atoms with E-state index in [1.807, 2.05) is 45.0 Å². The van der Waals surface area contributed by atoms with E-state index in [0.29, 0.717) is 5.33 Å². The number of anilines is 1. The molecule has 0 spiro atoms. The first kappa shape index (κ1) is 14.0. The molecule has 0 N–H and O–H groups in total. The summed E-state index contributed by atoms with van der Waals surface area (Å²) in [4.78, 5) is 13.4. The number of carbonyl (C=O) groups is 1. The summed E-state index contributed by atoms with van der Waals surface area (Å²) in [5, 5.41) is 0.705. The van der Waals surface area contributed by atoms with Crippen molar-refractivity contribution in [3.63, 3.8) is 0 Å². The van der Waals surface area contributed by atoms with Crippen molar-refractivity contribution in [1.82, 2.24) is 0 Å². The molecular weight excluding hydrogens is 282 g/mol. The van der Waals surface area contributed by atoms with Crippen LogP contribution in [0.2, 0.25) is 0 Å². The van der Waals surface area contributed by atoms with Crippen LogP contribution in [0.4, 0.5) is 10.5 Å². The van der Waals surface area contributed by atoms with Gasteiger partial charge < -0.3 is 4.74 Å². The zero-order chi connectivity index (χ0) is 13.1. The Kier molecular flexibility index (Phi) is 4.57. The standard InChI is InChI=1S/C13H18BrNO2/c1-13(2,3)17-12(16)15(4)11-8-6-5-7-10(11)9-14/h5-8H,9H2,1-4H3. The minimum Gasteiger partial charge on any atom is -0.443 e. The van der Waals surface area contributed by atoms with E-state index in [2.05, 4.69) is 15.9 Å². The fraction of sp³-hybridized carbons (Fsp3) is 0.462. The van der Waals surface area contributed by atoms with Gasteiger partial charge >= 0.3 is 6.09 Å². The van der Waals surface area contributed by atoms with Crippen LogP contribution in [0.1, 0.15) is 26.3 Å². The van der Waals surface area contributed by atoms with E-state index < -0.39 is 5.60 Å². The van der Waals surface area contributed by atoms with Gasteiger partial charge in [0.25, 0.3) is 0 Å². The highest BCUT2D eigenvalue weighted by molar-refractivity contribution is 9.08. The third-order valence-corrected chi connectivity index (χ3v) is 2.77. The normalized spacial score (nSPS) is 11.1. The summed E-state index contributed by atoms with van der Waals surface area (Å²) in [7, 11) is 1.72. The van der Waals surface area contributed by atoms with Crippen molar-refractivity contribution >= 4 is 27.7 Å². The Balaban J connectivity index is 2.89. The molecule has 4 heteroatoms. The van der Waals surface area contributed by atoms with E-state index in [1.54, 1.807) is 7.05 Å². The van der Waals surface area contributed by atoms with Crippen molar-refractivity contribution in [2.75, 3.05) is 11.9 Å². The number of carbonyl (C=O) groups excluding carboxylic acids is 1. The number of hydrogen-bond donors (Lipinski definition) is 0. The lowest BCUT2D eigenvalue weighted by Crippen LogP contribution is -2.34. The van der Waals surface area contributed by atoms with Gasteiger partial charge in [-0.25, -0.2) is 4.79 Å². The van der Waals surface area contributed by atoms with Crippen molar-refractivity contribution in [2.24, 2.45) is 0 Å². The fourth-order valence-corrected chi connectivity index (χ4v) is 1.85. The lowest BCUT2D eigenvalue weighted by atomic mass is 10.2. The number of ether oxygens (including phenoxy) is 1. The quantitative estimate of drug-likeness (QED) is 0.774. The molecule has 1 amide bonds. The second-order valence-electron chi connectivity index (χ2n) is 4.80. The number of amides is 1. The lowest BCUT2D eigenvalue weighted by molar-refractivity contribution is 0.0589.